The first-order valence-corrected chi connectivity index (χ1v) is 7.08. The van der Waals surface area contributed by atoms with E-state index in [1.807, 2.05) is 0 Å². The van der Waals surface area contributed by atoms with Gasteiger partial charge in [-0.2, -0.15) is 0 Å². The predicted molar refractivity (Wildman–Crippen MR) is 96.0 cm³/mol. The molecule has 2 rings (SSSR count). The fourth-order valence-corrected chi connectivity index (χ4v) is 2.82. The van der Waals surface area contributed by atoms with Crippen LogP contribution in [0.15, 0.2) is 24.8 Å². The van der Waals surface area contributed by atoms with E-state index in [2.05, 4.69) is 16.8 Å². The molecule has 0 aliphatic carbocycles. The third-order valence-corrected chi connectivity index (χ3v) is 3.91. The summed E-state index contributed by atoms with van der Waals surface area (Å²) in [7, 11) is 0. The summed E-state index contributed by atoms with van der Waals surface area (Å²) in [5.41, 5.74) is 0.879. The molecule has 1 fully saturated rings. The number of hydrogen-bond donors (Lipinski definition) is 2. The number of nitrogens with one attached hydrogen (secondary N) is 1. The molecule has 1 atom stereocenters. The van der Waals surface area contributed by atoms with Crippen LogP contribution in [0.2, 0.25) is 0 Å². The third-order valence-electron chi connectivity index (χ3n) is 3.91. The van der Waals surface area contributed by atoms with Crippen LogP contribution in [0.25, 0.3) is 0 Å². The number of hydrogen-bond acceptors (Lipinski definition) is 5. The number of benzene rings is 1. The van der Waals surface area contributed by atoms with Gasteiger partial charge in [0.15, 0.2) is 5.75 Å². The summed E-state index contributed by atoms with van der Waals surface area (Å²) in [4.78, 5) is 12.9. The van der Waals surface area contributed by atoms with E-state index in [1.54, 1.807) is 25.1 Å². The van der Waals surface area contributed by atoms with E-state index in [9.17, 15) is 15.2 Å². The highest BCUT2D eigenvalue weighted by molar-refractivity contribution is 5.85. The summed E-state index contributed by atoms with van der Waals surface area (Å²) in [6.07, 6.45) is 2.44. The van der Waals surface area contributed by atoms with Gasteiger partial charge < -0.3 is 10.4 Å². The molecule has 1 aliphatic heterocycles. The van der Waals surface area contributed by atoms with Gasteiger partial charge in [0.2, 0.25) is 0 Å². The van der Waals surface area contributed by atoms with Gasteiger partial charge in [-0.3, -0.25) is 15.0 Å². The van der Waals surface area contributed by atoms with E-state index in [0.29, 0.717) is 17.5 Å². The van der Waals surface area contributed by atoms with Crippen molar-refractivity contribution in [2.24, 2.45) is 0 Å². The average Bonchev–Trinajstić information content (AvgIpc) is 2.46. The van der Waals surface area contributed by atoms with Crippen LogP contribution >= 0.6 is 24.8 Å². The molecule has 130 valence electrons. The van der Waals surface area contributed by atoms with Gasteiger partial charge in [-0.25, -0.2) is 0 Å². The van der Waals surface area contributed by atoms with E-state index in [0.717, 1.165) is 26.2 Å². The minimum absolute atomic E-state index is 0. The van der Waals surface area contributed by atoms with Crippen molar-refractivity contribution < 1.29 is 10.0 Å². The zero-order valence-electron chi connectivity index (χ0n) is 13.0. The van der Waals surface area contributed by atoms with Crippen molar-refractivity contribution in [1.29, 1.82) is 0 Å². The van der Waals surface area contributed by atoms with Crippen molar-refractivity contribution >= 4 is 30.5 Å². The molecule has 0 amide bonds. The first-order chi connectivity index (χ1) is 10.1. The normalized spacial score (nSPS) is 15.9. The molecule has 0 unspecified atom stereocenters. The molecule has 0 bridgehead atoms. The lowest BCUT2D eigenvalue weighted by atomic mass is 9.97. The van der Waals surface area contributed by atoms with Crippen molar-refractivity contribution in [2.75, 3.05) is 26.2 Å². The smallest absolute Gasteiger partial charge is 0.313 e. The minimum atomic E-state index is -0.517. The summed E-state index contributed by atoms with van der Waals surface area (Å²) in [5, 5.41) is 24.8. The van der Waals surface area contributed by atoms with Crippen LogP contribution in [0.5, 0.6) is 5.75 Å². The Morgan fingerprint density at radius 3 is 2.57 bits per heavy atom. The van der Waals surface area contributed by atoms with Crippen LogP contribution in [0.1, 0.15) is 23.6 Å². The molecule has 2 N–H and O–H groups in total. The Balaban J connectivity index is 0.00000242. The number of aryl methyl sites for hydroxylation is 1. The Bertz CT molecular complexity index is 549. The van der Waals surface area contributed by atoms with Crippen molar-refractivity contribution in [2.45, 2.75) is 19.4 Å². The number of phenols is 1. The van der Waals surface area contributed by atoms with Gasteiger partial charge >= 0.3 is 5.69 Å². The van der Waals surface area contributed by atoms with E-state index in [-0.39, 0.29) is 42.3 Å². The Labute approximate surface area is 148 Å². The van der Waals surface area contributed by atoms with Crippen LogP contribution in [0.3, 0.4) is 0 Å². The number of nitro benzene ring substituents is 1. The van der Waals surface area contributed by atoms with Crippen LogP contribution in [-0.4, -0.2) is 41.1 Å². The third kappa shape index (κ3) is 4.81. The Morgan fingerprint density at radius 2 is 2.04 bits per heavy atom. The average molecular weight is 364 g/mol. The van der Waals surface area contributed by atoms with E-state index in [1.165, 1.54) is 0 Å². The summed E-state index contributed by atoms with van der Waals surface area (Å²) in [5.74, 6) is -0.217. The van der Waals surface area contributed by atoms with E-state index < -0.39 is 4.92 Å². The Kier molecular flexibility index (Phi) is 9.16. The van der Waals surface area contributed by atoms with Crippen molar-refractivity contribution in [3.8, 4) is 5.75 Å². The SMILES string of the molecule is C=CC[C@@H](c1ccc(C)c([N+](=O)[O-])c1O)N1CCNCC1.Cl.Cl. The predicted octanol–water partition coefficient (Wildman–Crippen LogP) is 2.97. The summed E-state index contributed by atoms with van der Waals surface area (Å²) < 4.78 is 0. The van der Waals surface area contributed by atoms with E-state index >= 15 is 0 Å². The zero-order valence-corrected chi connectivity index (χ0v) is 14.7. The van der Waals surface area contributed by atoms with Gasteiger partial charge in [-0.1, -0.05) is 18.2 Å². The summed E-state index contributed by atoms with van der Waals surface area (Å²) in [6.45, 7) is 8.85. The fraction of sp³-hybridized carbons (Fsp3) is 0.467. The highest BCUT2D eigenvalue weighted by Crippen LogP contribution is 2.39. The van der Waals surface area contributed by atoms with E-state index in [4.69, 9.17) is 0 Å². The molecule has 0 radical (unpaired) electrons. The number of nitro groups is 1. The highest BCUT2D eigenvalue weighted by atomic mass is 35.5. The Morgan fingerprint density at radius 1 is 1.43 bits per heavy atom. The summed E-state index contributed by atoms with van der Waals surface area (Å²) in [6, 6.07) is 3.41. The number of phenolic OH excluding ortho intramolecular Hbond substituents is 1. The quantitative estimate of drug-likeness (QED) is 0.477. The first kappa shape index (κ1) is 21.7. The molecule has 1 aromatic rings. The maximum Gasteiger partial charge on any atom is 0.313 e. The lowest BCUT2D eigenvalue weighted by Crippen LogP contribution is -2.45. The second kappa shape index (κ2) is 9.72. The molecule has 0 aromatic heterocycles. The fourth-order valence-electron chi connectivity index (χ4n) is 2.82. The number of nitrogens with zero attached hydrogens (tertiary/aromatic N) is 2. The van der Waals surface area contributed by atoms with Crippen LogP contribution in [0, 0.1) is 17.0 Å². The molecule has 1 heterocycles. The molecule has 1 aliphatic rings. The second-order valence-electron chi connectivity index (χ2n) is 5.25. The topological polar surface area (TPSA) is 78.6 Å². The molecule has 1 saturated heterocycles. The first-order valence-electron chi connectivity index (χ1n) is 7.08. The minimum Gasteiger partial charge on any atom is -0.502 e. The number of rotatable bonds is 5. The molecule has 6 nitrogen and oxygen atoms in total. The standard InChI is InChI=1S/C15H21N3O3.2ClH/c1-3-4-13(17-9-7-16-8-10-17)12-6-5-11(2)14(15(12)19)18(20)21;;/h3,5-6,13,16,19H,1,4,7-10H2,2H3;2*1H/t13-;;/m0../s1. The largest absolute Gasteiger partial charge is 0.502 e. The monoisotopic (exact) mass is 363 g/mol. The van der Waals surface area contributed by atoms with Gasteiger partial charge in [0, 0.05) is 43.3 Å². The molecule has 23 heavy (non-hydrogen) atoms. The number of piperazine rings is 1. The zero-order chi connectivity index (χ0) is 15.4. The lowest BCUT2D eigenvalue weighted by Gasteiger charge is -2.35. The molecule has 8 heteroatoms. The van der Waals surface area contributed by atoms with Crippen LogP contribution in [0.4, 0.5) is 5.69 Å². The molecular formula is C15H23Cl2N3O3. The van der Waals surface area contributed by atoms with Crippen molar-refractivity contribution in [1.82, 2.24) is 10.2 Å². The maximum absolute atomic E-state index is 11.2. The lowest BCUT2D eigenvalue weighted by molar-refractivity contribution is -0.386. The van der Waals surface area contributed by atoms with Gasteiger partial charge in [-0.15, -0.1) is 31.4 Å². The molecule has 0 spiro atoms. The molecule has 1 aromatic carbocycles. The van der Waals surface area contributed by atoms with Gasteiger partial charge in [0.05, 0.1) is 4.92 Å². The van der Waals surface area contributed by atoms with Gasteiger partial charge in [0.1, 0.15) is 0 Å². The van der Waals surface area contributed by atoms with Crippen LogP contribution in [-0.2, 0) is 0 Å². The summed E-state index contributed by atoms with van der Waals surface area (Å²) >= 11 is 0. The van der Waals surface area contributed by atoms with Gasteiger partial charge in [-0.05, 0) is 13.3 Å². The number of aromatic hydroxyl groups is 1. The van der Waals surface area contributed by atoms with Gasteiger partial charge in [0.25, 0.3) is 0 Å². The molecular weight excluding hydrogens is 341 g/mol. The second-order valence-corrected chi connectivity index (χ2v) is 5.25. The van der Waals surface area contributed by atoms with Crippen molar-refractivity contribution in [3.63, 3.8) is 0 Å². The van der Waals surface area contributed by atoms with Crippen LogP contribution < -0.4 is 5.32 Å². The maximum atomic E-state index is 11.2. The molecule has 0 saturated carbocycles. The highest BCUT2D eigenvalue weighted by Gasteiger charge is 2.28. The van der Waals surface area contributed by atoms with Crippen molar-refractivity contribution in [3.05, 3.63) is 46.0 Å². The Hall–Kier alpha value is -1.34. The number of halogens is 2.